The minimum Gasteiger partial charge on any atom is -0.493 e. The number of fused-ring (bicyclic) bond motifs is 2. The second-order valence-electron chi connectivity index (χ2n) is 9.36. The van der Waals surface area contributed by atoms with Crippen molar-refractivity contribution in [1.29, 1.82) is 0 Å². The van der Waals surface area contributed by atoms with Gasteiger partial charge in [0.25, 0.3) is 5.91 Å². The number of H-pyrrole nitrogens is 1. The molecule has 0 spiro atoms. The zero-order valence-electron chi connectivity index (χ0n) is 19.4. The summed E-state index contributed by atoms with van der Waals surface area (Å²) in [4.78, 5) is 29.4. The van der Waals surface area contributed by atoms with E-state index in [9.17, 15) is 14.0 Å². The predicted octanol–water partition coefficient (Wildman–Crippen LogP) is 4.17. The van der Waals surface area contributed by atoms with E-state index in [1.165, 1.54) is 0 Å². The number of carbonyl (C=O) groups excluding carboxylic acids is 2. The van der Waals surface area contributed by atoms with E-state index in [4.69, 9.17) is 4.74 Å². The van der Waals surface area contributed by atoms with E-state index in [1.54, 1.807) is 4.90 Å². The normalized spacial score (nSPS) is 19.5. The number of ether oxygens (including phenoxy) is 1. The number of halogens is 1. The number of aromatic nitrogens is 2. The first-order valence-electron chi connectivity index (χ1n) is 12.2. The fourth-order valence-corrected chi connectivity index (χ4v) is 5.50. The summed E-state index contributed by atoms with van der Waals surface area (Å²) in [6.07, 6.45) is 3.55. The van der Waals surface area contributed by atoms with Gasteiger partial charge in [-0.2, -0.15) is 5.10 Å². The van der Waals surface area contributed by atoms with Gasteiger partial charge in [0.2, 0.25) is 5.91 Å². The zero-order chi connectivity index (χ0) is 23.9. The summed E-state index contributed by atoms with van der Waals surface area (Å²) in [6, 6.07) is 13.7. The van der Waals surface area contributed by atoms with E-state index in [-0.39, 0.29) is 24.2 Å². The molecule has 3 aliphatic heterocycles. The van der Waals surface area contributed by atoms with Gasteiger partial charge in [-0.1, -0.05) is 12.1 Å². The Morgan fingerprint density at radius 2 is 1.83 bits per heavy atom. The van der Waals surface area contributed by atoms with Crippen molar-refractivity contribution < 1.29 is 18.7 Å². The molecule has 1 unspecified atom stereocenters. The lowest BCUT2D eigenvalue weighted by Gasteiger charge is -2.33. The van der Waals surface area contributed by atoms with Crippen LogP contribution in [0.4, 0.5) is 15.8 Å². The molecule has 0 bridgehead atoms. The summed E-state index contributed by atoms with van der Waals surface area (Å²) in [5, 5.41) is 7.24. The third kappa shape index (κ3) is 3.77. The highest BCUT2D eigenvalue weighted by Crippen LogP contribution is 2.39. The molecule has 1 saturated heterocycles. The summed E-state index contributed by atoms with van der Waals surface area (Å²) >= 11 is 0. The Kier molecular flexibility index (Phi) is 5.51. The predicted molar refractivity (Wildman–Crippen MR) is 130 cm³/mol. The summed E-state index contributed by atoms with van der Waals surface area (Å²) < 4.78 is 19.0. The van der Waals surface area contributed by atoms with Crippen LogP contribution < -0.4 is 14.5 Å². The minimum absolute atomic E-state index is 0.139. The molecule has 1 N–H and O–H groups in total. The van der Waals surface area contributed by atoms with Crippen molar-refractivity contribution in [2.45, 2.75) is 38.0 Å². The number of amides is 2. The Labute approximate surface area is 202 Å². The van der Waals surface area contributed by atoms with Crippen molar-refractivity contribution in [3.8, 4) is 5.75 Å². The fourth-order valence-electron chi connectivity index (χ4n) is 5.50. The van der Waals surface area contributed by atoms with Crippen LogP contribution in [-0.4, -0.2) is 48.4 Å². The average molecular weight is 475 g/mol. The molecule has 3 aliphatic rings. The molecule has 180 valence electrons. The van der Waals surface area contributed by atoms with Gasteiger partial charge in [0.1, 0.15) is 5.75 Å². The molecule has 3 aromatic rings. The molecule has 0 radical (unpaired) electrons. The molecule has 7 nitrogen and oxygen atoms in total. The van der Waals surface area contributed by atoms with E-state index in [0.29, 0.717) is 31.0 Å². The second kappa shape index (κ2) is 8.83. The van der Waals surface area contributed by atoms with Gasteiger partial charge in [-0.05, 0) is 54.3 Å². The van der Waals surface area contributed by atoms with Crippen LogP contribution in [0.15, 0.2) is 42.5 Å². The van der Waals surface area contributed by atoms with Crippen LogP contribution in [-0.2, 0) is 17.6 Å². The molecule has 8 heteroatoms. The Balaban J connectivity index is 1.36. The third-order valence-electron chi connectivity index (χ3n) is 7.30. The lowest BCUT2D eigenvalue weighted by Crippen LogP contribution is -2.40. The Morgan fingerprint density at radius 1 is 1.03 bits per heavy atom. The molecule has 2 amide bonds. The van der Waals surface area contributed by atoms with Gasteiger partial charge >= 0.3 is 0 Å². The van der Waals surface area contributed by atoms with Crippen molar-refractivity contribution in [3.05, 3.63) is 70.5 Å². The van der Waals surface area contributed by atoms with E-state index < -0.39 is 6.67 Å². The second-order valence-corrected chi connectivity index (χ2v) is 9.36. The SMILES string of the molecule is O=C1CCCCN1c1ccc(N2CC(c3ccc4c(c3)CCO4)c3c(n[nH]c3CCF)C2=O)cc1. The molecule has 6 rings (SSSR count). The van der Waals surface area contributed by atoms with Gasteiger partial charge in [0.15, 0.2) is 5.69 Å². The Hall–Kier alpha value is -3.68. The Morgan fingerprint density at radius 3 is 2.60 bits per heavy atom. The fraction of sp³-hybridized carbons (Fsp3) is 0.370. The number of nitrogens with one attached hydrogen (secondary N) is 1. The summed E-state index contributed by atoms with van der Waals surface area (Å²) in [5.41, 5.74) is 5.62. The number of hydrogen-bond acceptors (Lipinski definition) is 4. The number of piperidine rings is 1. The number of nitrogens with zero attached hydrogens (tertiary/aromatic N) is 3. The van der Waals surface area contributed by atoms with E-state index >= 15 is 0 Å². The minimum atomic E-state index is -0.520. The van der Waals surface area contributed by atoms with Crippen LogP contribution >= 0.6 is 0 Å². The molecule has 1 atom stereocenters. The van der Waals surface area contributed by atoms with Crippen molar-refractivity contribution in [1.82, 2.24) is 10.2 Å². The molecule has 35 heavy (non-hydrogen) atoms. The highest BCUT2D eigenvalue weighted by atomic mass is 19.1. The van der Waals surface area contributed by atoms with Crippen LogP contribution in [0, 0.1) is 0 Å². The average Bonchev–Trinajstić information content (AvgIpc) is 3.52. The van der Waals surface area contributed by atoms with Crippen LogP contribution in [0.25, 0.3) is 0 Å². The van der Waals surface area contributed by atoms with Crippen molar-refractivity contribution >= 4 is 23.2 Å². The third-order valence-corrected chi connectivity index (χ3v) is 7.30. The van der Waals surface area contributed by atoms with Gasteiger partial charge in [-0.25, -0.2) is 0 Å². The lowest BCUT2D eigenvalue weighted by molar-refractivity contribution is -0.119. The summed E-state index contributed by atoms with van der Waals surface area (Å²) in [5.74, 6) is 0.693. The van der Waals surface area contributed by atoms with Gasteiger partial charge in [-0.15, -0.1) is 0 Å². The topological polar surface area (TPSA) is 78.5 Å². The Bertz CT molecular complexity index is 1290. The van der Waals surface area contributed by atoms with Gasteiger partial charge < -0.3 is 14.5 Å². The number of anilines is 2. The summed E-state index contributed by atoms with van der Waals surface area (Å²) in [6.45, 7) is 1.29. The van der Waals surface area contributed by atoms with Crippen LogP contribution in [0.2, 0.25) is 0 Å². The molecule has 4 heterocycles. The molecule has 1 aromatic heterocycles. The lowest BCUT2D eigenvalue weighted by atomic mass is 9.84. The van der Waals surface area contributed by atoms with Crippen LogP contribution in [0.3, 0.4) is 0 Å². The highest BCUT2D eigenvalue weighted by molar-refractivity contribution is 6.07. The zero-order valence-corrected chi connectivity index (χ0v) is 19.4. The maximum Gasteiger partial charge on any atom is 0.279 e. The van der Waals surface area contributed by atoms with E-state index in [1.807, 2.05) is 41.3 Å². The number of aromatic amines is 1. The highest BCUT2D eigenvalue weighted by Gasteiger charge is 2.38. The van der Waals surface area contributed by atoms with Crippen molar-refractivity contribution in [3.63, 3.8) is 0 Å². The first-order valence-corrected chi connectivity index (χ1v) is 12.2. The number of alkyl halides is 1. The van der Waals surface area contributed by atoms with E-state index in [0.717, 1.165) is 59.6 Å². The first kappa shape index (κ1) is 21.8. The maximum atomic E-state index is 13.5. The first-order chi connectivity index (χ1) is 17.1. The monoisotopic (exact) mass is 474 g/mol. The molecule has 0 aliphatic carbocycles. The number of hydrogen-bond donors (Lipinski definition) is 1. The van der Waals surface area contributed by atoms with Gasteiger partial charge in [-0.3, -0.25) is 19.1 Å². The van der Waals surface area contributed by atoms with Crippen molar-refractivity contribution in [2.75, 3.05) is 36.2 Å². The quantitative estimate of drug-likeness (QED) is 0.602. The number of benzene rings is 2. The van der Waals surface area contributed by atoms with Crippen molar-refractivity contribution in [2.24, 2.45) is 0 Å². The largest absolute Gasteiger partial charge is 0.493 e. The molecular formula is C27H27FN4O3. The number of carbonyl (C=O) groups is 2. The van der Waals surface area contributed by atoms with Crippen LogP contribution in [0.1, 0.15) is 58.1 Å². The van der Waals surface area contributed by atoms with E-state index in [2.05, 4.69) is 16.3 Å². The van der Waals surface area contributed by atoms with Gasteiger partial charge in [0, 0.05) is 60.9 Å². The molecule has 1 fully saturated rings. The van der Waals surface area contributed by atoms with Crippen LogP contribution in [0.5, 0.6) is 5.75 Å². The number of aryl methyl sites for hydroxylation is 1. The molecular weight excluding hydrogens is 447 g/mol. The molecule has 2 aromatic carbocycles. The van der Waals surface area contributed by atoms with Gasteiger partial charge in [0.05, 0.1) is 13.3 Å². The standard InChI is InChI=1S/C27H27FN4O3/c28-12-10-22-25-21(17-4-9-23-18(15-17)11-14-35-23)16-32(27(34)26(25)30-29-22)20-7-5-19(6-8-20)31-13-2-1-3-24(31)33/h4-9,15,21H,1-3,10-14,16H2,(H,29,30). The molecule has 0 saturated carbocycles. The number of rotatable bonds is 5. The smallest absolute Gasteiger partial charge is 0.279 e. The summed E-state index contributed by atoms with van der Waals surface area (Å²) in [7, 11) is 0. The maximum absolute atomic E-state index is 13.5.